The summed E-state index contributed by atoms with van der Waals surface area (Å²) in [5.41, 5.74) is 1.41. The zero-order valence-corrected chi connectivity index (χ0v) is 19.4. The number of nitrogens with zero attached hydrogens (tertiary/aromatic N) is 1. The number of carbonyl (C=O) groups is 2. The summed E-state index contributed by atoms with van der Waals surface area (Å²) in [7, 11) is 1.54. The summed E-state index contributed by atoms with van der Waals surface area (Å²) in [6.45, 7) is 3.44. The molecule has 1 atom stereocenters. The Hall–Kier alpha value is -3.15. The van der Waals surface area contributed by atoms with E-state index >= 15 is 0 Å². The van der Waals surface area contributed by atoms with E-state index in [0.717, 1.165) is 17.9 Å². The van der Waals surface area contributed by atoms with Crippen LogP contribution >= 0.6 is 12.3 Å². The van der Waals surface area contributed by atoms with E-state index in [4.69, 9.17) is 27.5 Å². The summed E-state index contributed by atoms with van der Waals surface area (Å²) in [4.78, 5) is 23.9. The van der Waals surface area contributed by atoms with E-state index in [1.54, 1.807) is 37.4 Å². The third kappa shape index (κ3) is 7.17. The maximum atomic E-state index is 12.6. The van der Waals surface area contributed by atoms with Gasteiger partial charge in [0.05, 0.1) is 19.8 Å². The van der Waals surface area contributed by atoms with Crippen molar-refractivity contribution in [2.75, 3.05) is 32.2 Å². The Kier molecular flexibility index (Phi) is 9.04. The van der Waals surface area contributed by atoms with Gasteiger partial charge in [0.15, 0.2) is 18.1 Å². The average Bonchev–Trinajstić information content (AvgIpc) is 2.76. The fourth-order valence-electron chi connectivity index (χ4n) is 3.06. The molecule has 0 unspecified atom stereocenters. The first kappa shape index (κ1) is 24.5. The predicted molar refractivity (Wildman–Crippen MR) is 121 cm³/mol. The monoisotopic (exact) mass is 478 g/mol. The topological polar surface area (TPSA) is 105 Å². The lowest BCUT2D eigenvalue weighted by Crippen LogP contribution is -2.42. The Labute approximate surface area is 196 Å². The van der Waals surface area contributed by atoms with Gasteiger partial charge >= 0.3 is 5.97 Å². The lowest BCUT2D eigenvalue weighted by molar-refractivity contribution is -0.142. The third-order valence-electron chi connectivity index (χ3n) is 4.48. The minimum absolute atomic E-state index is 0.00450. The Morgan fingerprint density at radius 3 is 2.42 bits per heavy atom. The second kappa shape index (κ2) is 12.2. The number of carbonyl (C=O) groups excluding carboxylic acids is 2. The van der Waals surface area contributed by atoms with Crippen LogP contribution in [0.1, 0.15) is 19.4 Å². The van der Waals surface area contributed by atoms with Crippen LogP contribution in [0.15, 0.2) is 42.5 Å². The number of anilines is 1. The molecule has 0 saturated carbocycles. The molecule has 1 saturated heterocycles. The first-order valence-corrected chi connectivity index (χ1v) is 10.9. The van der Waals surface area contributed by atoms with E-state index < -0.39 is 12.0 Å². The quantitative estimate of drug-likeness (QED) is 0.362. The molecular weight excluding hydrogens is 452 g/mol. The maximum absolute atomic E-state index is 12.6. The molecule has 11 heteroatoms. The molecule has 1 fully saturated rings. The van der Waals surface area contributed by atoms with Gasteiger partial charge < -0.3 is 24.3 Å². The van der Waals surface area contributed by atoms with Gasteiger partial charge in [-0.25, -0.2) is 0 Å². The van der Waals surface area contributed by atoms with Crippen molar-refractivity contribution in [1.29, 1.82) is 0 Å². The van der Waals surface area contributed by atoms with Gasteiger partial charge in [-0.05, 0) is 43.2 Å². The molecule has 1 aliphatic rings. The molecule has 178 valence electrons. The van der Waals surface area contributed by atoms with Crippen molar-refractivity contribution in [3.05, 3.63) is 48.0 Å². The van der Waals surface area contributed by atoms with Crippen LogP contribution in [0, 0.1) is 0 Å². The molecule has 3 rings (SSSR count). The van der Waals surface area contributed by atoms with Gasteiger partial charge in [-0.15, -0.1) is 8.57 Å². The Balaban J connectivity index is 1.64. The van der Waals surface area contributed by atoms with Crippen molar-refractivity contribution >= 4 is 29.9 Å². The van der Waals surface area contributed by atoms with Gasteiger partial charge in [0, 0.05) is 6.92 Å². The Morgan fingerprint density at radius 2 is 1.82 bits per heavy atom. The Bertz CT molecular complexity index is 954. The molecule has 33 heavy (non-hydrogen) atoms. The van der Waals surface area contributed by atoms with Gasteiger partial charge in [0.1, 0.15) is 18.0 Å². The van der Waals surface area contributed by atoms with Gasteiger partial charge in [0.25, 0.3) is 5.91 Å². The van der Waals surface area contributed by atoms with Gasteiger partial charge in [-0.3, -0.25) is 9.59 Å². The van der Waals surface area contributed by atoms with Gasteiger partial charge in [-0.1, -0.05) is 23.4 Å². The molecule has 1 amide bonds. The summed E-state index contributed by atoms with van der Waals surface area (Å²) in [6.07, 6.45) is 0.381. The second-order valence-corrected chi connectivity index (χ2v) is 7.35. The minimum Gasteiger partial charge on any atom is -0.494 e. The third-order valence-corrected chi connectivity index (χ3v) is 4.87. The number of benzene rings is 2. The van der Waals surface area contributed by atoms with Crippen molar-refractivity contribution in [1.82, 2.24) is 5.32 Å². The number of hydrogen-bond acceptors (Lipinski definition) is 10. The fourth-order valence-corrected chi connectivity index (χ4v) is 3.34. The van der Waals surface area contributed by atoms with E-state index in [9.17, 15) is 9.59 Å². The number of nitrogens with one attached hydrogen (secondary N) is 1. The zero-order valence-electron chi connectivity index (χ0n) is 18.6. The molecule has 2 aromatic carbocycles. The highest BCUT2D eigenvalue weighted by Gasteiger charge is 2.25. The van der Waals surface area contributed by atoms with Crippen LogP contribution in [-0.2, 0) is 29.3 Å². The Morgan fingerprint density at radius 1 is 1.09 bits per heavy atom. The number of hydrogen-bond donors (Lipinski definition) is 1. The highest BCUT2D eigenvalue weighted by molar-refractivity contribution is 7.90. The van der Waals surface area contributed by atoms with E-state index in [2.05, 4.69) is 5.32 Å². The smallest absolute Gasteiger partial charge is 0.302 e. The van der Waals surface area contributed by atoms with Crippen molar-refractivity contribution in [3.63, 3.8) is 0 Å². The summed E-state index contributed by atoms with van der Waals surface area (Å²) in [6, 6.07) is 12.0. The molecular formula is C22H26N2O8S. The molecule has 2 aromatic rings. The van der Waals surface area contributed by atoms with Crippen LogP contribution < -0.4 is 24.8 Å². The summed E-state index contributed by atoms with van der Waals surface area (Å²) < 4.78 is 31.9. The number of esters is 1. The second-order valence-electron chi connectivity index (χ2n) is 6.92. The first-order valence-electron chi connectivity index (χ1n) is 10.3. The predicted octanol–water partition coefficient (Wildman–Crippen LogP) is 3.01. The standard InChI is InChI=1S/C22H26N2O8S/c1-4-28-20-7-5-6-8-21(20)30-14-22(26)23-17(13-29-15(2)25)11-16-9-10-19(27-3)18(12-16)24-31-33-32-24/h5-10,12,17H,4,11,13-14H2,1-3H3,(H,23,26)/t17-/m0/s1. The highest BCUT2D eigenvalue weighted by Crippen LogP contribution is 2.38. The van der Waals surface area contributed by atoms with E-state index in [1.807, 2.05) is 19.1 Å². The highest BCUT2D eigenvalue weighted by atomic mass is 32.2. The first-order chi connectivity index (χ1) is 16.0. The lowest BCUT2D eigenvalue weighted by atomic mass is 10.1. The number of amides is 1. The van der Waals surface area contributed by atoms with E-state index in [1.165, 1.54) is 12.2 Å². The van der Waals surface area contributed by atoms with Crippen molar-refractivity contribution in [2.45, 2.75) is 26.3 Å². The van der Waals surface area contributed by atoms with Crippen LogP contribution in [0.5, 0.6) is 17.2 Å². The maximum Gasteiger partial charge on any atom is 0.302 e. The number of rotatable bonds is 12. The van der Waals surface area contributed by atoms with Crippen molar-refractivity contribution in [2.24, 2.45) is 0 Å². The molecule has 0 aliphatic carbocycles. The van der Waals surface area contributed by atoms with Crippen LogP contribution in [0.4, 0.5) is 5.69 Å². The summed E-state index contributed by atoms with van der Waals surface area (Å²) in [5, 5.41) is 4.07. The summed E-state index contributed by atoms with van der Waals surface area (Å²) >= 11 is 0.839. The van der Waals surface area contributed by atoms with Gasteiger partial charge in [0.2, 0.25) is 12.3 Å². The number of methoxy groups -OCH3 is 1. The average molecular weight is 479 g/mol. The van der Waals surface area contributed by atoms with E-state index in [0.29, 0.717) is 36.0 Å². The SMILES string of the molecule is CCOc1ccccc1OCC(=O)N[C@H](COC(C)=O)Cc1ccc(OC)c(N2OSO2)c1. The molecule has 1 aliphatic heterocycles. The lowest BCUT2D eigenvalue weighted by Gasteiger charge is -2.28. The summed E-state index contributed by atoms with van der Waals surface area (Å²) in [5.74, 6) is 0.784. The largest absolute Gasteiger partial charge is 0.494 e. The van der Waals surface area contributed by atoms with Crippen LogP contribution in [0.2, 0.25) is 0 Å². The molecule has 10 nitrogen and oxygen atoms in total. The van der Waals surface area contributed by atoms with Crippen molar-refractivity contribution in [3.8, 4) is 17.2 Å². The molecule has 1 N–H and O–H groups in total. The fraction of sp³-hybridized carbons (Fsp3) is 0.364. The van der Waals surface area contributed by atoms with Crippen LogP contribution in [0.3, 0.4) is 0 Å². The molecule has 1 heterocycles. The van der Waals surface area contributed by atoms with Crippen LogP contribution in [-0.4, -0.2) is 44.8 Å². The zero-order chi connectivity index (χ0) is 23.6. The molecule has 0 aromatic heterocycles. The van der Waals surface area contributed by atoms with Crippen LogP contribution in [0.25, 0.3) is 0 Å². The molecule has 0 bridgehead atoms. The molecule has 0 spiro atoms. The normalized spacial score (nSPS) is 13.5. The number of para-hydroxylation sites is 2. The molecule has 0 radical (unpaired) electrons. The van der Waals surface area contributed by atoms with Crippen molar-refractivity contribution < 1.29 is 37.1 Å². The minimum atomic E-state index is -0.485. The van der Waals surface area contributed by atoms with Gasteiger partial charge in [-0.2, -0.15) is 0 Å². The van der Waals surface area contributed by atoms with E-state index in [-0.39, 0.29) is 19.1 Å². The number of ether oxygens (including phenoxy) is 4.